The number of ether oxygens (including phenoxy) is 3. The van der Waals surface area contributed by atoms with Gasteiger partial charge in [-0.15, -0.1) is 0 Å². The van der Waals surface area contributed by atoms with Gasteiger partial charge in [0.15, 0.2) is 5.78 Å². The number of Topliss-reactive ketones (excluding diaryl/α,β-unsaturated/α-hetero) is 2. The fourth-order valence-electron chi connectivity index (χ4n) is 4.98. The van der Waals surface area contributed by atoms with Gasteiger partial charge in [0.05, 0.1) is 38.3 Å². The second-order valence-corrected chi connectivity index (χ2v) is 9.24. The molecule has 1 unspecified atom stereocenters. The molecule has 1 heterocycles. The lowest BCUT2D eigenvalue weighted by Crippen LogP contribution is -2.51. The standard InChI is InChI=1S/C32H27NO7/c1-38-23-15-11-21(12-16-23)29-28(30(35)22-13-17-24(39-2)18-14-22)31(36)32(37,19-27(34)40-3)33(29)26-10-6-8-20-7-4-5-9-25(20)26/h4-18,37H,19H2,1-3H3. The maximum atomic E-state index is 14.2. The fraction of sp³-hybridized carbons (Fsp3) is 0.156. The molecule has 0 radical (unpaired) electrons. The molecule has 0 spiro atoms. The molecule has 0 bridgehead atoms. The number of carbonyl (C=O) groups is 3. The molecule has 1 atom stereocenters. The van der Waals surface area contributed by atoms with Gasteiger partial charge in [0.1, 0.15) is 17.9 Å². The van der Waals surface area contributed by atoms with Gasteiger partial charge in [0, 0.05) is 10.9 Å². The number of esters is 1. The van der Waals surface area contributed by atoms with Crippen LogP contribution in [0.15, 0.2) is 96.6 Å². The lowest BCUT2D eigenvalue weighted by atomic mass is 9.93. The molecule has 1 aliphatic heterocycles. The molecule has 40 heavy (non-hydrogen) atoms. The molecule has 0 aliphatic carbocycles. The highest BCUT2D eigenvalue weighted by atomic mass is 16.5. The summed E-state index contributed by atoms with van der Waals surface area (Å²) in [6, 6.07) is 26.0. The maximum Gasteiger partial charge on any atom is 0.310 e. The Kier molecular flexibility index (Phi) is 7.11. The Morgan fingerprint density at radius 2 is 1.40 bits per heavy atom. The van der Waals surface area contributed by atoms with Crippen molar-refractivity contribution in [2.75, 3.05) is 26.2 Å². The van der Waals surface area contributed by atoms with Gasteiger partial charge in [0.25, 0.3) is 0 Å². The molecule has 0 saturated carbocycles. The van der Waals surface area contributed by atoms with Gasteiger partial charge < -0.3 is 24.2 Å². The van der Waals surface area contributed by atoms with Gasteiger partial charge in [-0.3, -0.25) is 14.4 Å². The maximum absolute atomic E-state index is 14.2. The minimum atomic E-state index is -2.44. The Balaban J connectivity index is 1.82. The van der Waals surface area contributed by atoms with Crippen LogP contribution < -0.4 is 14.4 Å². The predicted molar refractivity (Wildman–Crippen MR) is 150 cm³/mol. The average molecular weight is 538 g/mol. The van der Waals surface area contributed by atoms with Crippen LogP contribution in [0.25, 0.3) is 16.5 Å². The van der Waals surface area contributed by atoms with Crippen molar-refractivity contribution >= 4 is 39.7 Å². The highest BCUT2D eigenvalue weighted by Crippen LogP contribution is 2.47. The number of anilines is 1. The predicted octanol–water partition coefficient (Wildman–Crippen LogP) is 4.79. The van der Waals surface area contributed by atoms with Crippen LogP contribution >= 0.6 is 0 Å². The Bertz CT molecular complexity index is 1640. The lowest BCUT2D eigenvalue weighted by Gasteiger charge is -2.36. The van der Waals surface area contributed by atoms with Crippen molar-refractivity contribution in [1.82, 2.24) is 0 Å². The van der Waals surface area contributed by atoms with Gasteiger partial charge in [-0.2, -0.15) is 0 Å². The Morgan fingerprint density at radius 1 is 0.800 bits per heavy atom. The highest BCUT2D eigenvalue weighted by Gasteiger charge is 2.56. The van der Waals surface area contributed by atoms with Crippen molar-refractivity contribution in [2.45, 2.75) is 12.1 Å². The summed E-state index contributed by atoms with van der Waals surface area (Å²) in [5, 5.41) is 13.7. The molecule has 0 fully saturated rings. The topological polar surface area (TPSA) is 102 Å². The molecular formula is C32H27NO7. The number of nitrogens with zero attached hydrogens (tertiary/aromatic N) is 1. The van der Waals surface area contributed by atoms with Crippen LogP contribution in [0.4, 0.5) is 5.69 Å². The summed E-state index contributed by atoms with van der Waals surface area (Å²) in [5.74, 6) is -1.22. The molecule has 5 rings (SSSR count). The van der Waals surface area contributed by atoms with E-state index in [2.05, 4.69) is 0 Å². The highest BCUT2D eigenvalue weighted by molar-refractivity contribution is 6.37. The zero-order valence-electron chi connectivity index (χ0n) is 22.2. The van der Waals surface area contributed by atoms with E-state index in [0.29, 0.717) is 28.1 Å². The Morgan fingerprint density at radius 3 is 2.02 bits per heavy atom. The fourth-order valence-corrected chi connectivity index (χ4v) is 4.98. The first-order valence-corrected chi connectivity index (χ1v) is 12.5. The van der Waals surface area contributed by atoms with E-state index in [1.165, 1.54) is 26.2 Å². The molecule has 8 nitrogen and oxygen atoms in total. The number of methoxy groups -OCH3 is 3. The first-order chi connectivity index (χ1) is 19.3. The molecule has 0 amide bonds. The van der Waals surface area contributed by atoms with Crippen molar-refractivity contribution in [3.63, 3.8) is 0 Å². The quantitative estimate of drug-likeness (QED) is 0.194. The van der Waals surface area contributed by atoms with Gasteiger partial charge in [0.2, 0.25) is 11.5 Å². The zero-order chi connectivity index (χ0) is 28.4. The molecule has 4 aromatic carbocycles. The van der Waals surface area contributed by atoms with Crippen LogP contribution in [-0.4, -0.2) is 49.7 Å². The number of benzene rings is 4. The van der Waals surface area contributed by atoms with Crippen molar-refractivity contribution in [3.05, 3.63) is 108 Å². The molecule has 8 heteroatoms. The van der Waals surface area contributed by atoms with Crippen molar-refractivity contribution in [1.29, 1.82) is 0 Å². The molecule has 4 aromatic rings. The van der Waals surface area contributed by atoms with E-state index < -0.39 is 29.7 Å². The second kappa shape index (κ2) is 10.7. The minimum absolute atomic E-state index is 0.163. The number of carbonyl (C=O) groups excluding carboxylic acids is 3. The summed E-state index contributed by atoms with van der Waals surface area (Å²) < 4.78 is 15.4. The van der Waals surface area contributed by atoms with Gasteiger partial charge in [-0.1, -0.05) is 36.4 Å². The largest absolute Gasteiger partial charge is 0.497 e. The van der Waals surface area contributed by atoms with E-state index >= 15 is 0 Å². The Hall–Kier alpha value is -4.95. The number of fused-ring (bicyclic) bond motifs is 1. The first-order valence-electron chi connectivity index (χ1n) is 12.5. The summed E-state index contributed by atoms with van der Waals surface area (Å²) in [7, 11) is 4.22. The van der Waals surface area contributed by atoms with E-state index in [9.17, 15) is 19.5 Å². The van der Waals surface area contributed by atoms with E-state index in [-0.39, 0.29) is 16.8 Å². The van der Waals surface area contributed by atoms with Crippen LogP contribution in [0, 0.1) is 0 Å². The van der Waals surface area contributed by atoms with Crippen LogP contribution in [0.5, 0.6) is 11.5 Å². The Labute approximate surface area is 231 Å². The number of hydrogen-bond donors (Lipinski definition) is 1. The van der Waals surface area contributed by atoms with Crippen LogP contribution in [0.2, 0.25) is 0 Å². The van der Waals surface area contributed by atoms with Crippen molar-refractivity contribution < 1.29 is 33.7 Å². The third kappa shape index (κ3) is 4.48. The van der Waals surface area contributed by atoms with Crippen LogP contribution in [0.1, 0.15) is 22.3 Å². The summed E-state index contributed by atoms with van der Waals surface area (Å²) in [6.45, 7) is 0. The van der Waals surface area contributed by atoms with Gasteiger partial charge in [-0.25, -0.2) is 0 Å². The molecule has 0 aromatic heterocycles. The number of aliphatic hydroxyl groups is 1. The van der Waals surface area contributed by atoms with E-state index in [0.717, 1.165) is 5.39 Å². The smallest absolute Gasteiger partial charge is 0.310 e. The number of ketones is 2. The average Bonchev–Trinajstić information content (AvgIpc) is 3.22. The first kappa shape index (κ1) is 26.6. The SMILES string of the molecule is COC(=O)CC1(O)C(=O)C(C(=O)c2ccc(OC)cc2)=C(c2ccc(OC)cc2)N1c1cccc2ccccc12. The van der Waals surface area contributed by atoms with Crippen molar-refractivity contribution in [3.8, 4) is 11.5 Å². The minimum Gasteiger partial charge on any atom is -0.497 e. The van der Waals surface area contributed by atoms with Crippen molar-refractivity contribution in [2.24, 2.45) is 0 Å². The van der Waals surface area contributed by atoms with Gasteiger partial charge in [-0.05, 0) is 65.5 Å². The van der Waals surface area contributed by atoms with E-state index in [1.807, 2.05) is 30.3 Å². The molecule has 0 saturated heterocycles. The van der Waals surface area contributed by atoms with E-state index in [1.54, 1.807) is 60.7 Å². The third-order valence-electron chi connectivity index (χ3n) is 6.99. The normalized spacial score (nSPS) is 16.8. The number of rotatable bonds is 8. The summed E-state index contributed by atoms with van der Waals surface area (Å²) >= 11 is 0. The summed E-state index contributed by atoms with van der Waals surface area (Å²) in [4.78, 5) is 42.3. The van der Waals surface area contributed by atoms with Crippen LogP contribution in [-0.2, 0) is 14.3 Å². The lowest BCUT2D eigenvalue weighted by molar-refractivity contribution is -0.150. The van der Waals surface area contributed by atoms with Crippen LogP contribution in [0.3, 0.4) is 0 Å². The zero-order valence-corrected chi connectivity index (χ0v) is 22.2. The van der Waals surface area contributed by atoms with Gasteiger partial charge >= 0.3 is 5.97 Å². The summed E-state index contributed by atoms with van der Waals surface area (Å²) in [6.07, 6.45) is -0.704. The molecule has 202 valence electrons. The number of hydrogen-bond acceptors (Lipinski definition) is 8. The second-order valence-electron chi connectivity index (χ2n) is 9.24. The van der Waals surface area contributed by atoms with E-state index in [4.69, 9.17) is 14.2 Å². The summed E-state index contributed by atoms with van der Waals surface area (Å²) in [5.41, 5.74) is -1.40. The molecular weight excluding hydrogens is 510 g/mol. The molecule has 1 N–H and O–H groups in total. The third-order valence-corrected chi connectivity index (χ3v) is 6.99. The monoisotopic (exact) mass is 537 g/mol. The molecule has 1 aliphatic rings.